The summed E-state index contributed by atoms with van der Waals surface area (Å²) in [7, 11) is 0. The fraction of sp³-hybridized carbons (Fsp3) is 0. The van der Waals surface area contributed by atoms with Crippen LogP contribution >= 0.6 is 23.2 Å². The van der Waals surface area contributed by atoms with E-state index in [-0.39, 0.29) is 5.91 Å². The van der Waals surface area contributed by atoms with Crippen LogP contribution in [0.1, 0.15) is 15.9 Å². The number of hydrogen-bond donors (Lipinski definition) is 1. The molecule has 1 N–H and O–H groups in total. The van der Waals surface area contributed by atoms with Gasteiger partial charge in [0.15, 0.2) is 0 Å². The summed E-state index contributed by atoms with van der Waals surface area (Å²) in [5.41, 5.74) is 1.57. The Hall–Kier alpha value is -1.95. The summed E-state index contributed by atoms with van der Waals surface area (Å²) in [5.74, 6) is 2.20. The summed E-state index contributed by atoms with van der Waals surface area (Å²) in [6.45, 7) is 0. The summed E-state index contributed by atoms with van der Waals surface area (Å²) >= 11 is 11.7. The zero-order valence-corrected chi connectivity index (χ0v) is 11.3. The number of nitrogens with one attached hydrogen (secondary N) is 1. The average molecular weight is 290 g/mol. The van der Waals surface area contributed by atoms with Crippen LogP contribution in [0.25, 0.3) is 0 Å². The quantitative estimate of drug-likeness (QED) is 0.824. The lowest BCUT2D eigenvalue weighted by molar-refractivity contribution is 0.102. The van der Waals surface area contributed by atoms with Crippen molar-refractivity contribution in [3.8, 4) is 12.3 Å². The molecule has 0 saturated heterocycles. The molecule has 0 atom stereocenters. The first kappa shape index (κ1) is 13.5. The number of hydrogen-bond acceptors (Lipinski definition) is 1. The first-order chi connectivity index (χ1) is 9.10. The van der Waals surface area contributed by atoms with Gasteiger partial charge in [-0.3, -0.25) is 4.79 Å². The van der Waals surface area contributed by atoms with Gasteiger partial charge in [0.05, 0.1) is 5.69 Å². The zero-order valence-electron chi connectivity index (χ0n) is 9.78. The van der Waals surface area contributed by atoms with E-state index in [9.17, 15) is 4.79 Å². The summed E-state index contributed by atoms with van der Waals surface area (Å²) in [6.07, 6.45) is 5.37. The van der Waals surface area contributed by atoms with Crippen LogP contribution in [0.15, 0.2) is 42.5 Å². The van der Waals surface area contributed by atoms with E-state index in [1.165, 1.54) is 0 Å². The highest BCUT2D eigenvalue weighted by atomic mass is 35.5. The molecule has 0 saturated carbocycles. The van der Waals surface area contributed by atoms with E-state index in [0.717, 1.165) is 0 Å². The van der Waals surface area contributed by atoms with E-state index >= 15 is 0 Å². The number of terminal acetylenes is 1. The fourth-order valence-electron chi connectivity index (χ4n) is 1.60. The van der Waals surface area contributed by atoms with Gasteiger partial charge in [-0.2, -0.15) is 0 Å². The molecule has 0 fully saturated rings. The van der Waals surface area contributed by atoms with Gasteiger partial charge in [-0.25, -0.2) is 0 Å². The summed E-state index contributed by atoms with van der Waals surface area (Å²) < 4.78 is 0. The van der Waals surface area contributed by atoms with E-state index in [0.29, 0.717) is 26.9 Å². The predicted octanol–water partition coefficient (Wildman–Crippen LogP) is 4.23. The second-order valence-corrected chi connectivity index (χ2v) is 4.68. The Kier molecular flexibility index (Phi) is 4.11. The fourth-order valence-corrected chi connectivity index (χ4v) is 2.12. The van der Waals surface area contributed by atoms with E-state index in [1.807, 2.05) is 0 Å². The van der Waals surface area contributed by atoms with Gasteiger partial charge in [0.25, 0.3) is 5.91 Å². The van der Waals surface area contributed by atoms with Crippen LogP contribution < -0.4 is 5.32 Å². The van der Waals surface area contributed by atoms with Crippen molar-refractivity contribution >= 4 is 34.8 Å². The van der Waals surface area contributed by atoms with Crippen LogP contribution in [-0.2, 0) is 0 Å². The third kappa shape index (κ3) is 3.29. The Bertz CT molecular complexity index is 654. The lowest BCUT2D eigenvalue weighted by Crippen LogP contribution is -2.12. The van der Waals surface area contributed by atoms with Gasteiger partial charge in [-0.05, 0) is 30.3 Å². The standard InChI is InChI=1S/C15H9Cl2NO/c1-2-10-5-3-4-6-14(10)18-15(19)11-7-12(16)9-13(17)8-11/h1,3-9H,(H,18,19). The molecule has 4 heteroatoms. The SMILES string of the molecule is C#Cc1ccccc1NC(=O)c1cc(Cl)cc(Cl)c1. The molecule has 0 aliphatic carbocycles. The minimum atomic E-state index is -0.313. The number of para-hydroxylation sites is 1. The Labute approximate surface area is 121 Å². The molecule has 2 nitrogen and oxygen atoms in total. The number of carbonyl (C=O) groups excluding carboxylic acids is 1. The number of halogens is 2. The molecule has 0 aliphatic heterocycles. The minimum Gasteiger partial charge on any atom is -0.321 e. The molecule has 1 amide bonds. The molecule has 0 heterocycles. The summed E-state index contributed by atoms with van der Waals surface area (Å²) in [6, 6.07) is 11.7. The van der Waals surface area contributed by atoms with Crippen LogP contribution in [0.4, 0.5) is 5.69 Å². The van der Waals surface area contributed by atoms with Crippen molar-refractivity contribution in [1.82, 2.24) is 0 Å². The van der Waals surface area contributed by atoms with E-state index < -0.39 is 0 Å². The highest BCUT2D eigenvalue weighted by Gasteiger charge is 2.09. The highest BCUT2D eigenvalue weighted by Crippen LogP contribution is 2.21. The molecular formula is C15H9Cl2NO. The minimum absolute atomic E-state index is 0.313. The number of rotatable bonds is 2. The predicted molar refractivity (Wildman–Crippen MR) is 78.8 cm³/mol. The molecule has 19 heavy (non-hydrogen) atoms. The van der Waals surface area contributed by atoms with Crippen molar-refractivity contribution in [3.05, 3.63) is 63.6 Å². The van der Waals surface area contributed by atoms with Gasteiger partial charge in [0.1, 0.15) is 0 Å². The first-order valence-corrected chi connectivity index (χ1v) is 6.19. The zero-order chi connectivity index (χ0) is 13.8. The van der Waals surface area contributed by atoms with E-state index in [1.54, 1.807) is 42.5 Å². The highest BCUT2D eigenvalue weighted by molar-refractivity contribution is 6.35. The Morgan fingerprint density at radius 3 is 2.37 bits per heavy atom. The molecular weight excluding hydrogens is 281 g/mol. The molecule has 0 bridgehead atoms. The third-order valence-corrected chi connectivity index (χ3v) is 2.89. The summed E-state index contributed by atoms with van der Waals surface area (Å²) in [5, 5.41) is 3.54. The Morgan fingerprint density at radius 1 is 1.11 bits per heavy atom. The monoisotopic (exact) mass is 289 g/mol. The lowest BCUT2D eigenvalue weighted by atomic mass is 10.1. The number of benzene rings is 2. The van der Waals surface area contributed by atoms with E-state index in [2.05, 4.69) is 11.2 Å². The van der Waals surface area contributed by atoms with Gasteiger partial charge in [-0.1, -0.05) is 41.3 Å². The summed E-state index contributed by atoms with van der Waals surface area (Å²) in [4.78, 5) is 12.1. The molecule has 0 radical (unpaired) electrons. The maximum Gasteiger partial charge on any atom is 0.255 e. The van der Waals surface area contributed by atoms with Gasteiger partial charge < -0.3 is 5.32 Å². The lowest BCUT2D eigenvalue weighted by Gasteiger charge is -2.08. The van der Waals surface area contributed by atoms with Crippen LogP contribution in [0.3, 0.4) is 0 Å². The Balaban J connectivity index is 2.29. The molecule has 2 rings (SSSR count). The molecule has 0 unspecified atom stereocenters. The molecule has 0 aromatic heterocycles. The van der Waals surface area contributed by atoms with Crippen molar-refractivity contribution < 1.29 is 4.79 Å². The van der Waals surface area contributed by atoms with Crippen molar-refractivity contribution in [1.29, 1.82) is 0 Å². The topological polar surface area (TPSA) is 29.1 Å². The molecule has 2 aromatic carbocycles. The third-order valence-electron chi connectivity index (χ3n) is 2.46. The van der Waals surface area contributed by atoms with Gasteiger partial charge >= 0.3 is 0 Å². The maximum absolute atomic E-state index is 12.1. The first-order valence-electron chi connectivity index (χ1n) is 5.43. The number of anilines is 1. The van der Waals surface area contributed by atoms with Crippen LogP contribution in [0, 0.1) is 12.3 Å². The van der Waals surface area contributed by atoms with E-state index in [4.69, 9.17) is 29.6 Å². The molecule has 94 valence electrons. The average Bonchev–Trinajstić information content (AvgIpc) is 2.38. The second kappa shape index (κ2) is 5.79. The van der Waals surface area contributed by atoms with Crippen molar-refractivity contribution in [2.24, 2.45) is 0 Å². The van der Waals surface area contributed by atoms with Gasteiger partial charge in [0, 0.05) is 21.2 Å². The second-order valence-electron chi connectivity index (χ2n) is 3.80. The maximum atomic E-state index is 12.1. The van der Waals surface area contributed by atoms with Gasteiger partial charge in [0.2, 0.25) is 0 Å². The number of amides is 1. The normalized spacial score (nSPS) is 9.74. The number of carbonyl (C=O) groups is 1. The largest absolute Gasteiger partial charge is 0.321 e. The van der Waals surface area contributed by atoms with Crippen LogP contribution in [-0.4, -0.2) is 5.91 Å². The smallest absolute Gasteiger partial charge is 0.255 e. The van der Waals surface area contributed by atoms with Crippen molar-refractivity contribution in [3.63, 3.8) is 0 Å². The van der Waals surface area contributed by atoms with Crippen molar-refractivity contribution in [2.75, 3.05) is 5.32 Å². The van der Waals surface area contributed by atoms with Crippen molar-refractivity contribution in [2.45, 2.75) is 0 Å². The molecule has 0 spiro atoms. The van der Waals surface area contributed by atoms with Gasteiger partial charge in [-0.15, -0.1) is 6.42 Å². The molecule has 2 aromatic rings. The van der Waals surface area contributed by atoms with Crippen LogP contribution in [0.2, 0.25) is 10.0 Å². The molecule has 0 aliphatic rings. The Morgan fingerprint density at radius 2 is 1.74 bits per heavy atom. The van der Waals surface area contributed by atoms with Crippen LogP contribution in [0.5, 0.6) is 0 Å².